The highest BCUT2D eigenvalue weighted by Gasteiger charge is 2.13. The van der Waals surface area contributed by atoms with E-state index in [9.17, 15) is 4.79 Å². The van der Waals surface area contributed by atoms with E-state index in [1.165, 1.54) is 12.3 Å². The number of anilines is 1. The highest BCUT2D eigenvalue weighted by atomic mass is 16.5. The van der Waals surface area contributed by atoms with Crippen molar-refractivity contribution >= 4 is 11.7 Å². The number of carbonyl (C=O) groups is 1. The molecule has 1 heterocycles. The van der Waals surface area contributed by atoms with Crippen LogP contribution in [-0.4, -0.2) is 47.2 Å². The third-order valence-corrected chi connectivity index (χ3v) is 2.72. The fourth-order valence-electron chi connectivity index (χ4n) is 1.57. The number of aromatic nitrogens is 1. The van der Waals surface area contributed by atoms with Crippen LogP contribution in [0.25, 0.3) is 0 Å². The number of carboxylic acids is 1. The van der Waals surface area contributed by atoms with Crippen molar-refractivity contribution in [1.29, 1.82) is 0 Å². The number of carboxylic acid groups (broad SMARTS) is 1. The molecule has 6 heteroatoms. The molecule has 3 N–H and O–H groups in total. The van der Waals surface area contributed by atoms with Crippen molar-refractivity contribution in [3.8, 4) is 5.88 Å². The first-order valence-electron chi connectivity index (χ1n) is 5.93. The summed E-state index contributed by atoms with van der Waals surface area (Å²) in [4.78, 5) is 17.0. The normalized spacial score (nSPS) is 10.6. The van der Waals surface area contributed by atoms with Crippen LogP contribution < -0.4 is 10.5 Å². The Balaban J connectivity index is 2.63. The predicted molar refractivity (Wildman–Crippen MR) is 68.9 cm³/mol. The van der Waals surface area contributed by atoms with Crippen molar-refractivity contribution in [3.05, 3.63) is 17.8 Å². The molecule has 0 fully saturated rings. The van der Waals surface area contributed by atoms with Crippen LogP contribution in [0.15, 0.2) is 12.3 Å². The standard InChI is InChI=1S/C12H19N3O3/c1-3-15(4-2)7-8-18-11-10(13)9(12(16)17)5-6-14-11/h5-6H,3-4,7-8,13H2,1-2H3,(H,16,17). The second-order valence-electron chi connectivity index (χ2n) is 3.76. The van der Waals surface area contributed by atoms with Crippen LogP contribution in [0, 0.1) is 0 Å². The van der Waals surface area contributed by atoms with E-state index < -0.39 is 5.97 Å². The Hall–Kier alpha value is -1.82. The molecular formula is C12H19N3O3. The van der Waals surface area contributed by atoms with Gasteiger partial charge >= 0.3 is 5.97 Å². The zero-order valence-corrected chi connectivity index (χ0v) is 10.7. The maximum absolute atomic E-state index is 10.9. The number of nitrogens with zero attached hydrogens (tertiary/aromatic N) is 2. The summed E-state index contributed by atoms with van der Waals surface area (Å²) in [6.45, 7) is 7.21. The van der Waals surface area contributed by atoms with Crippen LogP contribution >= 0.6 is 0 Å². The van der Waals surface area contributed by atoms with Crippen molar-refractivity contribution in [2.45, 2.75) is 13.8 Å². The highest BCUT2D eigenvalue weighted by molar-refractivity contribution is 5.94. The van der Waals surface area contributed by atoms with Gasteiger partial charge in [0.25, 0.3) is 0 Å². The molecule has 0 atom stereocenters. The fraction of sp³-hybridized carbons (Fsp3) is 0.500. The molecular weight excluding hydrogens is 234 g/mol. The second-order valence-corrected chi connectivity index (χ2v) is 3.76. The van der Waals surface area contributed by atoms with E-state index in [-0.39, 0.29) is 17.1 Å². The molecule has 1 aromatic rings. The van der Waals surface area contributed by atoms with Gasteiger partial charge in [-0.25, -0.2) is 9.78 Å². The highest BCUT2D eigenvalue weighted by Crippen LogP contribution is 2.21. The van der Waals surface area contributed by atoms with E-state index in [4.69, 9.17) is 15.6 Å². The molecule has 0 aliphatic heterocycles. The zero-order chi connectivity index (χ0) is 13.5. The van der Waals surface area contributed by atoms with Gasteiger partial charge in [0.2, 0.25) is 5.88 Å². The van der Waals surface area contributed by atoms with Gasteiger partial charge in [0.1, 0.15) is 12.3 Å². The third-order valence-electron chi connectivity index (χ3n) is 2.72. The number of rotatable bonds is 7. The van der Waals surface area contributed by atoms with Gasteiger partial charge in [0.05, 0.1) is 5.56 Å². The second kappa shape index (κ2) is 6.80. The van der Waals surface area contributed by atoms with E-state index in [0.717, 1.165) is 19.6 Å². The zero-order valence-electron chi connectivity index (χ0n) is 10.7. The van der Waals surface area contributed by atoms with Gasteiger partial charge in [-0.05, 0) is 19.2 Å². The van der Waals surface area contributed by atoms with Gasteiger partial charge in [0, 0.05) is 12.7 Å². The van der Waals surface area contributed by atoms with Gasteiger partial charge in [-0.3, -0.25) is 0 Å². The Labute approximate surface area is 106 Å². The average molecular weight is 253 g/mol. The molecule has 0 spiro atoms. The lowest BCUT2D eigenvalue weighted by atomic mass is 10.2. The maximum Gasteiger partial charge on any atom is 0.338 e. The molecule has 100 valence electrons. The summed E-state index contributed by atoms with van der Waals surface area (Å²) in [5.41, 5.74) is 5.77. The van der Waals surface area contributed by atoms with Crippen molar-refractivity contribution in [1.82, 2.24) is 9.88 Å². The molecule has 0 bridgehead atoms. The van der Waals surface area contributed by atoms with E-state index >= 15 is 0 Å². The minimum atomic E-state index is -1.08. The molecule has 18 heavy (non-hydrogen) atoms. The quantitative estimate of drug-likeness (QED) is 0.756. The van der Waals surface area contributed by atoms with Crippen molar-refractivity contribution in [2.24, 2.45) is 0 Å². The topological polar surface area (TPSA) is 88.7 Å². The largest absolute Gasteiger partial charge is 0.478 e. The van der Waals surface area contributed by atoms with Gasteiger partial charge in [0.15, 0.2) is 0 Å². The minimum absolute atomic E-state index is 0.0165. The summed E-state index contributed by atoms with van der Waals surface area (Å²) < 4.78 is 5.42. The van der Waals surface area contributed by atoms with Crippen LogP contribution in [0.2, 0.25) is 0 Å². The molecule has 1 rings (SSSR count). The summed E-state index contributed by atoms with van der Waals surface area (Å²) in [6.07, 6.45) is 1.38. The molecule has 0 saturated carbocycles. The number of hydrogen-bond donors (Lipinski definition) is 2. The van der Waals surface area contributed by atoms with Crippen LogP contribution in [0.4, 0.5) is 5.69 Å². The number of ether oxygens (including phenoxy) is 1. The number of nitrogen functional groups attached to an aromatic ring is 1. The summed E-state index contributed by atoms with van der Waals surface area (Å²) in [6, 6.07) is 1.36. The van der Waals surface area contributed by atoms with Crippen LogP contribution in [-0.2, 0) is 0 Å². The van der Waals surface area contributed by atoms with Crippen LogP contribution in [0.3, 0.4) is 0 Å². The Morgan fingerprint density at radius 1 is 1.50 bits per heavy atom. The van der Waals surface area contributed by atoms with E-state index in [2.05, 4.69) is 23.7 Å². The number of nitrogens with two attached hydrogens (primary N) is 1. The number of aromatic carboxylic acids is 1. The molecule has 6 nitrogen and oxygen atoms in total. The van der Waals surface area contributed by atoms with Crippen molar-refractivity contribution in [2.75, 3.05) is 32.0 Å². The number of pyridine rings is 1. The fourth-order valence-corrected chi connectivity index (χ4v) is 1.57. The third kappa shape index (κ3) is 3.59. The molecule has 0 aliphatic carbocycles. The SMILES string of the molecule is CCN(CC)CCOc1nccc(C(=O)O)c1N. The Morgan fingerprint density at radius 2 is 2.17 bits per heavy atom. The van der Waals surface area contributed by atoms with Crippen molar-refractivity contribution in [3.63, 3.8) is 0 Å². The Bertz CT molecular complexity index is 406. The number of hydrogen-bond acceptors (Lipinski definition) is 5. The molecule has 0 unspecified atom stereocenters. The Morgan fingerprint density at radius 3 is 2.72 bits per heavy atom. The lowest BCUT2D eigenvalue weighted by Crippen LogP contribution is -2.28. The number of likely N-dealkylation sites (N-methyl/N-ethyl adjacent to an activating group) is 1. The van der Waals surface area contributed by atoms with E-state index in [1.54, 1.807) is 0 Å². The van der Waals surface area contributed by atoms with E-state index in [1.807, 2.05) is 0 Å². The van der Waals surface area contributed by atoms with Gasteiger partial charge in [-0.1, -0.05) is 13.8 Å². The minimum Gasteiger partial charge on any atom is -0.478 e. The van der Waals surface area contributed by atoms with E-state index in [0.29, 0.717) is 6.61 Å². The summed E-state index contributed by atoms with van der Waals surface area (Å²) in [5, 5.41) is 8.91. The lowest BCUT2D eigenvalue weighted by Gasteiger charge is -2.18. The first-order chi connectivity index (χ1) is 8.60. The van der Waals surface area contributed by atoms with Crippen LogP contribution in [0.5, 0.6) is 5.88 Å². The predicted octanol–water partition coefficient (Wildman–Crippen LogP) is 1.08. The summed E-state index contributed by atoms with van der Waals surface area (Å²) in [5.74, 6) is -0.898. The molecule has 0 radical (unpaired) electrons. The Kier molecular flexibility index (Phi) is 5.38. The monoisotopic (exact) mass is 253 g/mol. The first kappa shape index (κ1) is 14.2. The molecule has 0 saturated heterocycles. The molecule has 1 aromatic heterocycles. The van der Waals surface area contributed by atoms with Gasteiger partial charge < -0.3 is 20.5 Å². The smallest absolute Gasteiger partial charge is 0.338 e. The lowest BCUT2D eigenvalue weighted by molar-refractivity contribution is 0.0697. The molecule has 0 amide bonds. The summed E-state index contributed by atoms with van der Waals surface area (Å²) >= 11 is 0. The van der Waals surface area contributed by atoms with Crippen molar-refractivity contribution < 1.29 is 14.6 Å². The average Bonchev–Trinajstić information content (AvgIpc) is 2.36. The first-order valence-corrected chi connectivity index (χ1v) is 5.93. The van der Waals surface area contributed by atoms with Gasteiger partial charge in [-0.15, -0.1) is 0 Å². The van der Waals surface area contributed by atoms with Crippen LogP contribution in [0.1, 0.15) is 24.2 Å². The molecule has 0 aliphatic rings. The maximum atomic E-state index is 10.9. The molecule has 0 aromatic carbocycles. The summed E-state index contributed by atoms with van der Waals surface area (Å²) in [7, 11) is 0. The van der Waals surface area contributed by atoms with Gasteiger partial charge in [-0.2, -0.15) is 0 Å².